The molecule has 0 amide bonds. The molecule has 0 bridgehead atoms. The first-order valence-electron chi connectivity index (χ1n) is 6.82. The van der Waals surface area contributed by atoms with Crippen LogP contribution >= 0.6 is 0 Å². The van der Waals surface area contributed by atoms with Crippen molar-refractivity contribution in [1.29, 1.82) is 0 Å². The van der Waals surface area contributed by atoms with E-state index in [1.54, 1.807) is 7.11 Å². The Morgan fingerprint density at radius 2 is 2.10 bits per heavy atom. The van der Waals surface area contributed by atoms with Gasteiger partial charge in [0.05, 0.1) is 23.8 Å². The molecule has 2 heterocycles. The zero-order chi connectivity index (χ0) is 14.1. The highest BCUT2D eigenvalue weighted by Gasteiger charge is 2.13. The first-order chi connectivity index (χ1) is 9.76. The molecule has 20 heavy (non-hydrogen) atoms. The van der Waals surface area contributed by atoms with Gasteiger partial charge in [-0.2, -0.15) is 0 Å². The predicted molar refractivity (Wildman–Crippen MR) is 82.5 cm³/mol. The number of nitrogens with one attached hydrogen (secondary N) is 1. The summed E-state index contributed by atoms with van der Waals surface area (Å²) in [5.74, 6) is 0.886. The molecule has 0 saturated carbocycles. The highest BCUT2D eigenvalue weighted by molar-refractivity contribution is 6.09. The van der Waals surface area contributed by atoms with Crippen molar-refractivity contribution in [3.63, 3.8) is 0 Å². The van der Waals surface area contributed by atoms with Crippen molar-refractivity contribution in [2.24, 2.45) is 0 Å². The molecule has 1 aromatic carbocycles. The van der Waals surface area contributed by atoms with Gasteiger partial charge in [-0.05, 0) is 32.2 Å². The molecule has 0 fully saturated rings. The second kappa shape index (κ2) is 5.13. The van der Waals surface area contributed by atoms with Gasteiger partial charge in [0.1, 0.15) is 5.75 Å². The number of fused-ring (bicyclic) bond motifs is 3. The summed E-state index contributed by atoms with van der Waals surface area (Å²) in [6.07, 6.45) is 1.88. The van der Waals surface area contributed by atoms with Gasteiger partial charge in [0.2, 0.25) is 0 Å². The second-order valence-corrected chi connectivity index (χ2v) is 4.93. The summed E-state index contributed by atoms with van der Waals surface area (Å²) in [4.78, 5) is 4.44. The maximum absolute atomic E-state index is 5.36. The zero-order valence-corrected chi connectivity index (χ0v) is 12.1. The molecule has 0 aliphatic carbocycles. The van der Waals surface area contributed by atoms with Crippen LogP contribution in [0.5, 0.6) is 5.75 Å². The SMILES string of the molecule is CNCCn1c2cc(OC)ccc2c2ccnc(C)c21. The number of rotatable bonds is 4. The van der Waals surface area contributed by atoms with Crippen molar-refractivity contribution in [3.05, 3.63) is 36.2 Å². The fourth-order valence-electron chi connectivity index (χ4n) is 2.78. The van der Waals surface area contributed by atoms with Crippen LogP contribution in [0.25, 0.3) is 21.8 Å². The Bertz CT molecular complexity index is 761. The molecule has 3 rings (SSSR count). The van der Waals surface area contributed by atoms with Crippen LogP contribution in [-0.2, 0) is 6.54 Å². The lowest BCUT2D eigenvalue weighted by Gasteiger charge is -2.08. The first-order valence-corrected chi connectivity index (χ1v) is 6.82. The van der Waals surface area contributed by atoms with Crippen molar-refractivity contribution in [2.75, 3.05) is 20.7 Å². The number of hydrogen-bond acceptors (Lipinski definition) is 3. The summed E-state index contributed by atoms with van der Waals surface area (Å²) in [5, 5.41) is 5.72. The largest absolute Gasteiger partial charge is 0.497 e. The summed E-state index contributed by atoms with van der Waals surface area (Å²) >= 11 is 0. The number of likely N-dealkylation sites (N-methyl/N-ethyl adjacent to an activating group) is 1. The second-order valence-electron chi connectivity index (χ2n) is 4.93. The minimum atomic E-state index is 0.886. The van der Waals surface area contributed by atoms with E-state index in [1.165, 1.54) is 21.8 Å². The minimum Gasteiger partial charge on any atom is -0.497 e. The van der Waals surface area contributed by atoms with Crippen molar-refractivity contribution < 1.29 is 4.74 Å². The molecular formula is C16H19N3O. The molecule has 0 aliphatic rings. The lowest BCUT2D eigenvalue weighted by molar-refractivity contribution is 0.415. The molecule has 104 valence electrons. The van der Waals surface area contributed by atoms with Gasteiger partial charge in [0.25, 0.3) is 0 Å². The molecule has 4 nitrogen and oxygen atoms in total. The Hall–Kier alpha value is -2.07. The third-order valence-corrected chi connectivity index (χ3v) is 3.75. The van der Waals surface area contributed by atoms with Gasteiger partial charge in [0.15, 0.2) is 0 Å². The van der Waals surface area contributed by atoms with Crippen LogP contribution in [0.2, 0.25) is 0 Å². The number of nitrogens with zero attached hydrogens (tertiary/aromatic N) is 2. The molecule has 0 unspecified atom stereocenters. The first kappa shape index (κ1) is 12.9. The lowest BCUT2D eigenvalue weighted by atomic mass is 10.1. The third kappa shape index (κ3) is 1.93. The molecule has 0 spiro atoms. The molecule has 0 atom stereocenters. The monoisotopic (exact) mass is 269 g/mol. The number of hydrogen-bond donors (Lipinski definition) is 1. The van der Waals surface area contributed by atoms with E-state index in [2.05, 4.69) is 40.0 Å². The Morgan fingerprint density at radius 3 is 2.85 bits per heavy atom. The number of pyridine rings is 1. The fraction of sp³-hybridized carbons (Fsp3) is 0.312. The van der Waals surface area contributed by atoms with Crippen LogP contribution < -0.4 is 10.1 Å². The normalized spacial score (nSPS) is 11.3. The van der Waals surface area contributed by atoms with E-state index in [0.29, 0.717) is 0 Å². The standard InChI is InChI=1S/C16H19N3O/c1-11-16-14(6-7-18-11)13-5-4-12(20-3)10-15(13)19(16)9-8-17-2/h4-7,10,17H,8-9H2,1-3H3. The number of benzene rings is 1. The van der Waals surface area contributed by atoms with Crippen LogP contribution in [0.4, 0.5) is 0 Å². The maximum atomic E-state index is 5.36. The Labute approximate surface area is 118 Å². The zero-order valence-electron chi connectivity index (χ0n) is 12.1. The van der Waals surface area contributed by atoms with Crippen LogP contribution in [0, 0.1) is 6.92 Å². The molecule has 0 aliphatic heterocycles. The van der Waals surface area contributed by atoms with Crippen molar-refractivity contribution in [1.82, 2.24) is 14.9 Å². The minimum absolute atomic E-state index is 0.886. The number of aromatic nitrogens is 2. The average molecular weight is 269 g/mol. The van der Waals surface area contributed by atoms with Gasteiger partial charge >= 0.3 is 0 Å². The highest BCUT2D eigenvalue weighted by atomic mass is 16.5. The summed E-state index contributed by atoms with van der Waals surface area (Å²) in [6.45, 7) is 3.90. The van der Waals surface area contributed by atoms with E-state index in [4.69, 9.17) is 4.74 Å². The number of aryl methyl sites for hydroxylation is 1. The molecule has 4 heteroatoms. The summed E-state index contributed by atoms with van der Waals surface area (Å²) in [5.41, 5.74) is 3.48. The highest BCUT2D eigenvalue weighted by Crippen LogP contribution is 2.32. The average Bonchev–Trinajstić information content (AvgIpc) is 2.79. The van der Waals surface area contributed by atoms with E-state index < -0.39 is 0 Å². The Balaban J connectivity index is 2.37. The van der Waals surface area contributed by atoms with Crippen LogP contribution in [0.15, 0.2) is 30.5 Å². The smallest absolute Gasteiger partial charge is 0.120 e. The van der Waals surface area contributed by atoms with Gasteiger partial charge in [-0.1, -0.05) is 0 Å². The van der Waals surface area contributed by atoms with Gasteiger partial charge in [-0.25, -0.2) is 0 Å². The van der Waals surface area contributed by atoms with Crippen molar-refractivity contribution in [2.45, 2.75) is 13.5 Å². The molecule has 2 aromatic heterocycles. The number of ether oxygens (including phenoxy) is 1. The molecule has 3 aromatic rings. The Kier molecular flexibility index (Phi) is 3.32. The van der Waals surface area contributed by atoms with Gasteiger partial charge in [0, 0.05) is 36.1 Å². The molecular weight excluding hydrogens is 250 g/mol. The van der Waals surface area contributed by atoms with Crippen LogP contribution in [0.3, 0.4) is 0 Å². The van der Waals surface area contributed by atoms with Crippen molar-refractivity contribution >= 4 is 21.8 Å². The lowest BCUT2D eigenvalue weighted by Crippen LogP contribution is -2.15. The van der Waals surface area contributed by atoms with Crippen LogP contribution in [-0.4, -0.2) is 30.3 Å². The van der Waals surface area contributed by atoms with E-state index in [0.717, 1.165) is 24.5 Å². The summed E-state index contributed by atoms with van der Waals surface area (Å²) in [6, 6.07) is 8.34. The maximum Gasteiger partial charge on any atom is 0.120 e. The summed E-state index contributed by atoms with van der Waals surface area (Å²) in [7, 11) is 3.67. The fourth-order valence-corrected chi connectivity index (χ4v) is 2.78. The van der Waals surface area contributed by atoms with E-state index >= 15 is 0 Å². The predicted octanol–water partition coefficient (Wildman–Crippen LogP) is 2.73. The van der Waals surface area contributed by atoms with Gasteiger partial charge < -0.3 is 14.6 Å². The topological polar surface area (TPSA) is 39.1 Å². The van der Waals surface area contributed by atoms with Crippen LogP contribution in [0.1, 0.15) is 5.69 Å². The Morgan fingerprint density at radius 1 is 1.25 bits per heavy atom. The molecule has 0 saturated heterocycles. The van der Waals surface area contributed by atoms with E-state index in [9.17, 15) is 0 Å². The summed E-state index contributed by atoms with van der Waals surface area (Å²) < 4.78 is 7.69. The molecule has 1 N–H and O–H groups in total. The van der Waals surface area contributed by atoms with Gasteiger partial charge in [-0.15, -0.1) is 0 Å². The quantitative estimate of drug-likeness (QED) is 0.791. The van der Waals surface area contributed by atoms with E-state index in [1.807, 2.05) is 19.3 Å². The van der Waals surface area contributed by atoms with Crippen molar-refractivity contribution in [3.8, 4) is 5.75 Å². The van der Waals surface area contributed by atoms with E-state index in [-0.39, 0.29) is 0 Å². The number of methoxy groups -OCH3 is 1. The molecule has 0 radical (unpaired) electrons. The third-order valence-electron chi connectivity index (χ3n) is 3.75. The van der Waals surface area contributed by atoms with Gasteiger partial charge in [-0.3, -0.25) is 4.98 Å².